The Bertz CT molecular complexity index is 1160. The van der Waals surface area contributed by atoms with Gasteiger partial charge in [0.15, 0.2) is 0 Å². The van der Waals surface area contributed by atoms with Crippen LogP contribution in [0.5, 0.6) is 0 Å². The monoisotopic (exact) mass is 604 g/mol. The minimum atomic E-state index is -1.35. The fourth-order valence-electron chi connectivity index (χ4n) is 3.78. The summed E-state index contributed by atoms with van der Waals surface area (Å²) >= 11 is -1.35. The molecular formula is C21H22F2N6OOs. The van der Waals surface area contributed by atoms with Crippen LogP contribution in [0, 0.1) is 11.6 Å². The summed E-state index contributed by atoms with van der Waals surface area (Å²) in [5.41, 5.74) is 7.25. The van der Waals surface area contributed by atoms with E-state index in [9.17, 15) is 12.3 Å². The fraction of sp³-hybridized carbons (Fsp3) is 0.333. The molecule has 1 fully saturated rings. The van der Waals surface area contributed by atoms with Crippen LogP contribution in [-0.4, -0.2) is 43.7 Å². The van der Waals surface area contributed by atoms with Gasteiger partial charge in [0.05, 0.1) is 0 Å². The van der Waals surface area contributed by atoms with Crippen LogP contribution in [0.3, 0.4) is 0 Å². The molecular weight excluding hydrogens is 580 g/mol. The molecule has 3 N–H and O–H groups in total. The minimum absolute atomic E-state index is 0.0147. The summed E-state index contributed by atoms with van der Waals surface area (Å²) in [5, 5.41) is 3.77. The maximum absolute atomic E-state index is 14.8. The second-order valence-electron chi connectivity index (χ2n) is 7.56. The fourth-order valence-corrected chi connectivity index (χ4v) is 4.81. The van der Waals surface area contributed by atoms with Gasteiger partial charge in [-0.2, -0.15) is 0 Å². The third kappa shape index (κ3) is 4.77. The van der Waals surface area contributed by atoms with Crippen LogP contribution in [0.25, 0.3) is 22.2 Å². The number of likely N-dealkylation sites (tertiary alicyclic amines) is 1. The number of anilines is 1. The van der Waals surface area contributed by atoms with Crippen molar-refractivity contribution in [3.05, 3.63) is 47.8 Å². The number of pyridine rings is 1. The first-order valence-corrected chi connectivity index (χ1v) is 12.4. The van der Waals surface area contributed by atoms with E-state index in [0.717, 1.165) is 37.7 Å². The molecule has 2 aromatic heterocycles. The third-order valence-corrected chi connectivity index (χ3v) is 6.56. The maximum atomic E-state index is 14.8. The molecule has 31 heavy (non-hydrogen) atoms. The van der Waals surface area contributed by atoms with Crippen molar-refractivity contribution in [3.63, 3.8) is 0 Å². The molecule has 1 aliphatic rings. The molecule has 0 saturated carbocycles. The number of aromatic nitrogens is 3. The summed E-state index contributed by atoms with van der Waals surface area (Å²) in [6, 6.07) is 4.42. The van der Waals surface area contributed by atoms with E-state index in [2.05, 4.69) is 25.2 Å². The van der Waals surface area contributed by atoms with Crippen LogP contribution in [0.4, 0.5) is 14.7 Å². The number of piperidine rings is 1. The summed E-state index contributed by atoms with van der Waals surface area (Å²) in [5.74, 6) is -0.912. The molecule has 7 nitrogen and oxygen atoms in total. The van der Waals surface area contributed by atoms with E-state index < -0.39 is 28.5 Å². The molecule has 1 aromatic carbocycles. The summed E-state index contributed by atoms with van der Waals surface area (Å²) in [7, 11) is 0. The molecule has 0 amide bonds. The van der Waals surface area contributed by atoms with Gasteiger partial charge in [-0.1, -0.05) is 0 Å². The van der Waals surface area contributed by atoms with Crippen LogP contribution in [0.2, 0.25) is 0 Å². The number of fused-ring (bicyclic) bond motifs is 1. The number of rotatable bonds is 5. The van der Waals surface area contributed by atoms with Gasteiger partial charge in [0.25, 0.3) is 0 Å². The Kier molecular flexibility index (Phi) is 6.61. The van der Waals surface area contributed by atoms with E-state index >= 15 is 0 Å². The molecule has 0 bridgehead atoms. The van der Waals surface area contributed by atoms with E-state index in [1.807, 2.05) is 0 Å². The van der Waals surface area contributed by atoms with Gasteiger partial charge in [-0.15, -0.1) is 0 Å². The predicted molar refractivity (Wildman–Crippen MR) is 110 cm³/mol. The first kappa shape index (κ1) is 21.8. The van der Waals surface area contributed by atoms with Crippen molar-refractivity contribution in [2.75, 3.05) is 18.4 Å². The zero-order chi connectivity index (χ0) is 22.0. The Morgan fingerprint density at radius 3 is 2.74 bits per heavy atom. The van der Waals surface area contributed by atoms with Gasteiger partial charge in [0, 0.05) is 12.2 Å². The quantitative estimate of drug-likeness (QED) is 0.464. The number of hydrogen-bond donors (Lipinski definition) is 2. The SMILES string of the molecule is CC(N)c1ccnc2c(F)cc(-c3nc(NC4CCN([CH]=[Os]=[O])CC4)ncc3F)cc12. The molecule has 4 rings (SSSR count). The molecule has 3 heterocycles. The van der Waals surface area contributed by atoms with Crippen molar-refractivity contribution in [1.29, 1.82) is 0 Å². The zero-order valence-electron chi connectivity index (χ0n) is 16.8. The normalized spacial score (nSPS) is 16.4. The average Bonchev–Trinajstić information content (AvgIpc) is 2.76. The number of nitrogens with one attached hydrogen (secondary N) is 1. The van der Waals surface area contributed by atoms with Gasteiger partial charge < -0.3 is 5.73 Å². The van der Waals surface area contributed by atoms with Crippen molar-refractivity contribution in [1.82, 2.24) is 19.9 Å². The predicted octanol–water partition coefficient (Wildman–Crippen LogP) is 3.05. The number of benzene rings is 1. The average molecular weight is 603 g/mol. The number of hydrogen-bond acceptors (Lipinski definition) is 7. The third-order valence-electron chi connectivity index (χ3n) is 5.37. The van der Waals surface area contributed by atoms with Crippen molar-refractivity contribution >= 4 is 21.5 Å². The van der Waals surface area contributed by atoms with Gasteiger partial charge in [0.2, 0.25) is 0 Å². The van der Waals surface area contributed by atoms with Gasteiger partial charge in [-0.05, 0) is 18.6 Å². The number of halogens is 2. The van der Waals surface area contributed by atoms with Crippen LogP contribution in [0.15, 0.2) is 30.6 Å². The van der Waals surface area contributed by atoms with Crippen LogP contribution >= 0.6 is 0 Å². The van der Waals surface area contributed by atoms with Crippen molar-refractivity contribution in [3.8, 4) is 11.3 Å². The first-order valence-electron chi connectivity index (χ1n) is 9.90. The Morgan fingerprint density at radius 1 is 1.26 bits per heavy atom. The summed E-state index contributed by atoms with van der Waals surface area (Å²) < 4.78 is 42.0. The van der Waals surface area contributed by atoms with E-state index in [1.54, 1.807) is 23.7 Å². The van der Waals surface area contributed by atoms with E-state index in [4.69, 9.17) is 5.73 Å². The van der Waals surface area contributed by atoms with E-state index in [0.29, 0.717) is 10.9 Å². The van der Waals surface area contributed by atoms with Crippen LogP contribution in [0.1, 0.15) is 31.4 Å². The molecule has 3 aromatic rings. The van der Waals surface area contributed by atoms with E-state index in [1.165, 1.54) is 12.3 Å². The molecule has 0 aliphatic carbocycles. The van der Waals surface area contributed by atoms with Gasteiger partial charge in [-0.25, -0.2) is 4.39 Å². The zero-order valence-corrected chi connectivity index (χ0v) is 19.4. The molecule has 1 atom stereocenters. The molecule has 1 unspecified atom stereocenters. The summed E-state index contributed by atoms with van der Waals surface area (Å²) in [6.45, 7) is 3.39. The van der Waals surface area contributed by atoms with E-state index in [-0.39, 0.29) is 29.2 Å². The second kappa shape index (κ2) is 9.39. The van der Waals surface area contributed by atoms with Gasteiger partial charge in [-0.3, -0.25) is 4.98 Å². The van der Waals surface area contributed by atoms with Crippen molar-refractivity contribution in [2.24, 2.45) is 5.73 Å². The van der Waals surface area contributed by atoms with Crippen molar-refractivity contribution < 1.29 is 29.2 Å². The Hall–Kier alpha value is -2.40. The Morgan fingerprint density at radius 2 is 2.03 bits per heavy atom. The van der Waals surface area contributed by atoms with Gasteiger partial charge in [0.1, 0.15) is 5.52 Å². The standard InChI is InChI=1S/C21H22F2N6.O.Os/c1-12(24)15-3-6-25-20-16(15)9-13(10-17(20)22)19-18(23)11-26-21(28-19)27-14-4-7-29(2)8-5-14;;/h2-3,6,9-12,14H,4-5,7-8,24H2,1H3,(H,26,27,28);;. The van der Waals surface area contributed by atoms with Crippen molar-refractivity contribution in [2.45, 2.75) is 31.8 Å². The second-order valence-corrected chi connectivity index (χ2v) is 8.82. The Labute approximate surface area is 185 Å². The molecule has 1 saturated heterocycles. The Balaban J connectivity index is 1.65. The van der Waals surface area contributed by atoms with Gasteiger partial charge >= 0.3 is 134 Å². The topological polar surface area (TPSA) is 97.0 Å². The molecule has 164 valence electrons. The summed E-state index contributed by atoms with van der Waals surface area (Å²) in [6.07, 6.45) is 4.26. The molecule has 10 heteroatoms. The first-order chi connectivity index (χ1) is 15.0. The van der Waals surface area contributed by atoms with Crippen LogP contribution in [-0.2, 0) is 20.4 Å². The molecule has 1 aliphatic heterocycles. The number of nitrogens with two attached hydrogens (primary N) is 1. The molecule has 0 spiro atoms. The van der Waals surface area contributed by atoms with Crippen LogP contribution < -0.4 is 11.1 Å². The number of nitrogens with zero attached hydrogens (tertiary/aromatic N) is 4. The molecule has 0 radical (unpaired) electrons. The summed E-state index contributed by atoms with van der Waals surface area (Å²) in [4.78, 5) is 14.6.